The Labute approximate surface area is 240 Å². The van der Waals surface area contributed by atoms with E-state index in [0.29, 0.717) is 30.1 Å². The molecule has 3 aromatic rings. The van der Waals surface area contributed by atoms with E-state index in [9.17, 15) is 4.79 Å². The third-order valence-corrected chi connectivity index (χ3v) is 7.75. The fourth-order valence-electron chi connectivity index (χ4n) is 5.62. The topological polar surface area (TPSA) is 70.5 Å². The van der Waals surface area contributed by atoms with Gasteiger partial charge in [0.25, 0.3) is 0 Å². The standard InChI is InChI=1S/C34H35FN2O4/c1-20-13-25(30-18-36-22(3)17-37-30)14-21(2)34(20)24-7-6-8-31(23(4)29(35)12-9-24)41-27-10-11-28-26(15-33(38)39-5)19-40-32(28)16-27/h9-14,16-18,26,31H,4,6-8,15,19H2,1-3,5H3/b24-9+,29-12+/t26-,31-/m1/s1. The molecule has 41 heavy (non-hydrogen) atoms. The van der Waals surface area contributed by atoms with Gasteiger partial charge in [0.2, 0.25) is 0 Å². The van der Waals surface area contributed by atoms with Crippen molar-refractivity contribution in [1.82, 2.24) is 9.97 Å². The van der Waals surface area contributed by atoms with Crippen LogP contribution in [0.4, 0.5) is 4.39 Å². The molecule has 0 amide bonds. The van der Waals surface area contributed by atoms with Crippen LogP contribution in [0.5, 0.6) is 11.5 Å². The number of methoxy groups -OCH3 is 1. The van der Waals surface area contributed by atoms with E-state index in [1.165, 1.54) is 13.2 Å². The van der Waals surface area contributed by atoms with Gasteiger partial charge in [-0.15, -0.1) is 0 Å². The quantitative estimate of drug-likeness (QED) is 0.293. The van der Waals surface area contributed by atoms with E-state index in [4.69, 9.17) is 14.2 Å². The molecule has 2 heterocycles. The van der Waals surface area contributed by atoms with Gasteiger partial charge in [0.1, 0.15) is 23.4 Å². The zero-order chi connectivity index (χ0) is 29.1. The molecule has 0 spiro atoms. The summed E-state index contributed by atoms with van der Waals surface area (Å²) in [6.07, 6.45) is 8.84. The van der Waals surface area contributed by atoms with Crippen molar-refractivity contribution in [2.45, 2.75) is 58.5 Å². The van der Waals surface area contributed by atoms with Crippen molar-refractivity contribution in [2.75, 3.05) is 13.7 Å². The number of benzene rings is 2. The zero-order valence-corrected chi connectivity index (χ0v) is 24.0. The monoisotopic (exact) mass is 554 g/mol. The summed E-state index contributed by atoms with van der Waals surface area (Å²) >= 11 is 0. The average molecular weight is 555 g/mol. The van der Waals surface area contributed by atoms with Crippen molar-refractivity contribution in [3.8, 4) is 22.8 Å². The molecular weight excluding hydrogens is 519 g/mol. The minimum atomic E-state index is -0.519. The highest BCUT2D eigenvalue weighted by molar-refractivity contribution is 5.76. The largest absolute Gasteiger partial charge is 0.492 e. The van der Waals surface area contributed by atoms with E-state index in [2.05, 4.69) is 42.5 Å². The Balaban J connectivity index is 1.32. The van der Waals surface area contributed by atoms with Crippen LogP contribution < -0.4 is 9.47 Å². The molecule has 2 aromatic carbocycles. The second kappa shape index (κ2) is 12.1. The lowest BCUT2D eigenvalue weighted by molar-refractivity contribution is -0.141. The van der Waals surface area contributed by atoms with Crippen molar-refractivity contribution >= 4 is 11.5 Å². The minimum Gasteiger partial charge on any atom is -0.492 e. The number of fused-ring (bicyclic) bond motifs is 1. The van der Waals surface area contributed by atoms with Crippen LogP contribution in [0.2, 0.25) is 0 Å². The summed E-state index contributed by atoms with van der Waals surface area (Å²) in [6, 6.07) is 9.80. The predicted molar refractivity (Wildman–Crippen MR) is 158 cm³/mol. The van der Waals surface area contributed by atoms with Gasteiger partial charge in [-0.3, -0.25) is 14.8 Å². The Hall–Kier alpha value is -4.26. The predicted octanol–water partition coefficient (Wildman–Crippen LogP) is 7.53. The Morgan fingerprint density at radius 2 is 1.88 bits per heavy atom. The molecule has 0 bridgehead atoms. The Morgan fingerprint density at radius 3 is 2.59 bits per heavy atom. The SMILES string of the molecule is C=C1/C(F)=C\C=C(\c2c(C)cc(-c3cnc(C)cn3)cc2C)CCC[C@H]1Oc1ccc2c(c1)OC[C@H]2CC(=O)OC. The minimum absolute atomic E-state index is 0.0537. The number of rotatable bonds is 6. The lowest BCUT2D eigenvalue weighted by atomic mass is 9.89. The van der Waals surface area contributed by atoms with Crippen molar-refractivity contribution < 1.29 is 23.4 Å². The lowest BCUT2D eigenvalue weighted by Crippen LogP contribution is -2.19. The summed E-state index contributed by atoms with van der Waals surface area (Å²) in [7, 11) is 1.38. The molecule has 1 aromatic heterocycles. The second-order valence-electron chi connectivity index (χ2n) is 10.7. The number of hydrogen-bond donors (Lipinski definition) is 0. The van der Waals surface area contributed by atoms with Crippen molar-refractivity contribution in [2.24, 2.45) is 0 Å². The number of hydrogen-bond acceptors (Lipinski definition) is 6. The van der Waals surface area contributed by atoms with Crippen molar-refractivity contribution in [3.63, 3.8) is 0 Å². The van der Waals surface area contributed by atoms with Crippen LogP contribution in [0, 0.1) is 20.8 Å². The summed E-state index contributed by atoms with van der Waals surface area (Å²) in [6.45, 7) is 10.5. The molecule has 1 aliphatic carbocycles. The Morgan fingerprint density at radius 1 is 1.10 bits per heavy atom. The molecule has 6 nitrogen and oxygen atoms in total. The lowest BCUT2D eigenvalue weighted by Gasteiger charge is -2.21. The molecule has 2 aliphatic rings. The molecule has 1 aliphatic heterocycles. The number of ether oxygens (including phenoxy) is 3. The molecule has 0 N–H and O–H groups in total. The van der Waals surface area contributed by atoms with Crippen LogP contribution in [0.3, 0.4) is 0 Å². The van der Waals surface area contributed by atoms with Gasteiger partial charge in [-0.2, -0.15) is 0 Å². The number of aromatic nitrogens is 2. The summed E-state index contributed by atoms with van der Waals surface area (Å²) in [5.41, 5.74) is 8.40. The normalized spacial score (nSPS) is 21.2. The second-order valence-corrected chi connectivity index (χ2v) is 10.7. The summed E-state index contributed by atoms with van der Waals surface area (Å²) in [5, 5.41) is 0. The van der Waals surface area contributed by atoms with Gasteiger partial charge in [0, 0.05) is 34.9 Å². The third-order valence-electron chi connectivity index (χ3n) is 7.75. The molecule has 212 valence electrons. The summed E-state index contributed by atoms with van der Waals surface area (Å²) in [4.78, 5) is 20.6. The van der Waals surface area contributed by atoms with E-state index in [1.807, 2.05) is 31.2 Å². The number of allylic oxidation sites excluding steroid dienone is 3. The molecule has 5 rings (SSSR count). The van der Waals surface area contributed by atoms with Crippen LogP contribution in [0.25, 0.3) is 16.8 Å². The van der Waals surface area contributed by atoms with Crippen molar-refractivity contribution in [1.29, 1.82) is 0 Å². The maximum atomic E-state index is 15.3. The fourth-order valence-corrected chi connectivity index (χ4v) is 5.62. The van der Waals surface area contributed by atoms with Crippen LogP contribution in [0.1, 0.15) is 59.5 Å². The summed E-state index contributed by atoms with van der Waals surface area (Å²) < 4.78 is 32.2. The fraction of sp³-hybridized carbons (Fsp3) is 0.324. The highest BCUT2D eigenvalue weighted by Gasteiger charge is 2.28. The molecule has 0 unspecified atom stereocenters. The van der Waals surface area contributed by atoms with E-state index in [-0.39, 0.29) is 18.3 Å². The van der Waals surface area contributed by atoms with Gasteiger partial charge in [0.05, 0.1) is 37.7 Å². The van der Waals surface area contributed by atoms with E-state index in [0.717, 1.165) is 57.6 Å². The van der Waals surface area contributed by atoms with Gasteiger partial charge in [-0.1, -0.05) is 18.7 Å². The Kier molecular flexibility index (Phi) is 8.34. The van der Waals surface area contributed by atoms with E-state index < -0.39 is 11.9 Å². The van der Waals surface area contributed by atoms with E-state index >= 15 is 4.39 Å². The molecule has 2 atom stereocenters. The highest BCUT2D eigenvalue weighted by atomic mass is 19.1. The van der Waals surface area contributed by atoms with Gasteiger partial charge in [-0.25, -0.2) is 4.39 Å². The maximum Gasteiger partial charge on any atom is 0.306 e. The van der Waals surface area contributed by atoms with Gasteiger partial charge >= 0.3 is 5.97 Å². The molecule has 0 radical (unpaired) electrons. The van der Waals surface area contributed by atoms with Crippen LogP contribution in [0.15, 0.2) is 72.9 Å². The zero-order valence-electron chi connectivity index (χ0n) is 24.0. The maximum absolute atomic E-state index is 15.3. The number of nitrogens with zero attached hydrogens (tertiary/aromatic N) is 2. The summed E-state index contributed by atoms with van der Waals surface area (Å²) in [5.74, 6) is 0.533. The number of aryl methyl sites for hydroxylation is 3. The smallest absolute Gasteiger partial charge is 0.306 e. The highest BCUT2D eigenvalue weighted by Crippen LogP contribution is 2.40. The first-order chi connectivity index (χ1) is 19.7. The first-order valence-electron chi connectivity index (χ1n) is 13.9. The molecular formula is C34H35FN2O4. The number of esters is 1. The van der Waals surface area contributed by atoms with Gasteiger partial charge < -0.3 is 14.2 Å². The van der Waals surface area contributed by atoms with Crippen LogP contribution >= 0.6 is 0 Å². The number of carbonyl (C=O) groups excluding carboxylic acids is 1. The van der Waals surface area contributed by atoms with E-state index in [1.54, 1.807) is 12.4 Å². The number of halogens is 1. The number of carbonyl (C=O) groups is 1. The molecule has 0 saturated heterocycles. The molecule has 0 fully saturated rings. The first-order valence-corrected chi connectivity index (χ1v) is 13.9. The first kappa shape index (κ1) is 28.3. The molecule has 7 heteroatoms. The third kappa shape index (κ3) is 6.24. The van der Waals surface area contributed by atoms with Gasteiger partial charge in [-0.05, 0) is 86.6 Å². The Bertz CT molecular complexity index is 1520. The van der Waals surface area contributed by atoms with Crippen molar-refractivity contribution in [3.05, 3.63) is 101 Å². The van der Waals surface area contributed by atoms with Crippen LogP contribution in [-0.4, -0.2) is 35.8 Å². The molecule has 0 saturated carbocycles. The van der Waals surface area contributed by atoms with Crippen LogP contribution in [-0.2, 0) is 9.53 Å². The van der Waals surface area contributed by atoms with Gasteiger partial charge in [0.15, 0.2) is 0 Å². The average Bonchev–Trinajstić information content (AvgIpc) is 3.37.